The van der Waals surface area contributed by atoms with Crippen molar-refractivity contribution in [3.8, 4) is 11.5 Å². The van der Waals surface area contributed by atoms with Gasteiger partial charge in [-0.25, -0.2) is 4.68 Å². The minimum Gasteiger partial charge on any atom is -0.497 e. The Bertz CT molecular complexity index is 1010. The third-order valence-corrected chi connectivity index (χ3v) is 4.48. The standard InChI is InChI=1S/C20H21N3O4/c1-13(14-7-9-16(26-2)10-8-14)11-15(24)12-23-20(25)19-17(21-22-23)5-4-6-18(19)27-3/h4-10,13H,11-12H2,1-3H3/t13-/m1/s1. The molecule has 0 saturated heterocycles. The second kappa shape index (κ2) is 7.99. The van der Waals surface area contributed by atoms with Crippen molar-refractivity contribution in [2.75, 3.05) is 14.2 Å². The van der Waals surface area contributed by atoms with Crippen molar-refractivity contribution < 1.29 is 14.3 Å². The average molecular weight is 367 g/mol. The molecule has 0 radical (unpaired) electrons. The number of methoxy groups -OCH3 is 2. The van der Waals surface area contributed by atoms with Gasteiger partial charge in [-0.3, -0.25) is 9.59 Å². The van der Waals surface area contributed by atoms with Gasteiger partial charge < -0.3 is 9.47 Å². The maximum atomic E-state index is 12.7. The van der Waals surface area contributed by atoms with E-state index in [2.05, 4.69) is 10.3 Å². The van der Waals surface area contributed by atoms with Gasteiger partial charge in [-0.2, -0.15) is 0 Å². The number of carbonyl (C=O) groups is 1. The third-order valence-electron chi connectivity index (χ3n) is 4.48. The summed E-state index contributed by atoms with van der Waals surface area (Å²) >= 11 is 0. The first-order valence-electron chi connectivity index (χ1n) is 8.59. The molecule has 0 bridgehead atoms. The highest BCUT2D eigenvalue weighted by molar-refractivity contribution is 5.84. The summed E-state index contributed by atoms with van der Waals surface area (Å²) in [6, 6.07) is 12.7. The van der Waals surface area contributed by atoms with Gasteiger partial charge in [-0.05, 0) is 35.7 Å². The second-order valence-electron chi connectivity index (χ2n) is 6.32. The number of Topliss-reactive ketones (excluding diaryl/α,β-unsaturated/α-hetero) is 1. The van der Waals surface area contributed by atoms with Crippen molar-refractivity contribution in [2.24, 2.45) is 0 Å². The van der Waals surface area contributed by atoms with E-state index in [1.165, 1.54) is 7.11 Å². The van der Waals surface area contributed by atoms with Crippen LogP contribution in [0.3, 0.4) is 0 Å². The highest BCUT2D eigenvalue weighted by Gasteiger charge is 2.16. The lowest BCUT2D eigenvalue weighted by atomic mass is 9.95. The Kier molecular flexibility index (Phi) is 5.49. The maximum absolute atomic E-state index is 12.7. The largest absolute Gasteiger partial charge is 0.497 e. The van der Waals surface area contributed by atoms with Crippen LogP contribution in [-0.4, -0.2) is 35.0 Å². The van der Waals surface area contributed by atoms with Crippen molar-refractivity contribution in [3.05, 3.63) is 58.4 Å². The van der Waals surface area contributed by atoms with Crippen LogP contribution in [0.1, 0.15) is 24.8 Å². The van der Waals surface area contributed by atoms with Crippen molar-refractivity contribution in [1.29, 1.82) is 0 Å². The van der Waals surface area contributed by atoms with Crippen LogP contribution in [0.2, 0.25) is 0 Å². The molecule has 7 heteroatoms. The predicted octanol–water partition coefficient (Wildman–Crippen LogP) is 2.57. The van der Waals surface area contributed by atoms with Gasteiger partial charge in [0.2, 0.25) is 0 Å². The zero-order valence-electron chi connectivity index (χ0n) is 15.5. The van der Waals surface area contributed by atoms with Crippen molar-refractivity contribution in [2.45, 2.75) is 25.8 Å². The van der Waals surface area contributed by atoms with Crippen molar-refractivity contribution >= 4 is 16.7 Å². The summed E-state index contributed by atoms with van der Waals surface area (Å²) in [7, 11) is 3.10. The molecule has 7 nitrogen and oxygen atoms in total. The van der Waals surface area contributed by atoms with E-state index < -0.39 is 0 Å². The number of ketones is 1. The van der Waals surface area contributed by atoms with Crippen LogP contribution >= 0.6 is 0 Å². The summed E-state index contributed by atoms with van der Waals surface area (Å²) in [6.07, 6.45) is 0.296. The first-order valence-corrected chi connectivity index (χ1v) is 8.59. The number of carbonyl (C=O) groups excluding carboxylic acids is 1. The molecular weight excluding hydrogens is 346 g/mol. The highest BCUT2D eigenvalue weighted by atomic mass is 16.5. The van der Waals surface area contributed by atoms with Gasteiger partial charge in [0.15, 0.2) is 5.78 Å². The molecule has 3 aromatic rings. The van der Waals surface area contributed by atoms with E-state index in [4.69, 9.17) is 9.47 Å². The number of benzene rings is 2. The van der Waals surface area contributed by atoms with Crippen LogP contribution in [0.5, 0.6) is 11.5 Å². The molecule has 1 aromatic heterocycles. The van der Waals surface area contributed by atoms with E-state index in [0.717, 1.165) is 16.0 Å². The quantitative estimate of drug-likeness (QED) is 0.638. The first-order chi connectivity index (χ1) is 13.0. The van der Waals surface area contributed by atoms with E-state index in [1.807, 2.05) is 31.2 Å². The number of ether oxygens (including phenoxy) is 2. The van der Waals surface area contributed by atoms with E-state index in [1.54, 1.807) is 25.3 Å². The summed E-state index contributed by atoms with van der Waals surface area (Å²) in [5.41, 5.74) is 1.08. The smallest absolute Gasteiger partial charge is 0.281 e. The predicted molar refractivity (Wildman–Crippen MR) is 101 cm³/mol. The van der Waals surface area contributed by atoms with Crippen LogP contribution in [0.15, 0.2) is 47.3 Å². The molecule has 2 aromatic carbocycles. The fourth-order valence-electron chi connectivity index (χ4n) is 2.99. The van der Waals surface area contributed by atoms with Gasteiger partial charge in [0, 0.05) is 6.42 Å². The number of fused-ring (bicyclic) bond motifs is 1. The van der Waals surface area contributed by atoms with Gasteiger partial charge in [-0.1, -0.05) is 30.3 Å². The van der Waals surface area contributed by atoms with Crippen LogP contribution < -0.4 is 15.0 Å². The molecular formula is C20H21N3O4. The second-order valence-corrected chi connectivity index (χ2v) is 6.32. The summed E-state index contributed by atoms with van der Waals surface area (Å²) in [5, 5.41) is 8.24. The summed E-state index contributed by atoms with van der Waals surface area (Å²) in [5.74, 6) is 1.11. The number of aromatic nitrogens is 3. The highest BCUT2D eigenvalue weighted by Crippen LogP contribution is 2.22. The molecule has 0 fully saturated rings. The summed E-state index contributed by atoms with van der Waals surface area (Å²) in [4.78, 5) is 25.2. The van der Waals surface area contributed by atoms with Crippen molar-refractivity contribution in [1.82, 2.24) is 15.0 Å². The number of hydrogen-bond donors (Lipinski definition) is 0. The Balaban J connectivity index is 1.77. The minimum atomic E-state index is -0.386. The van der Waals surface area contributed by atoms with Gasteiger partial charge in [0.25, 0.3) is 5.56 Å². The number of rotatable bonds is 7. The summed E-state index contributed by atoms with van der Waals surface area (Å²) < 4.78 is 11.5. The van der Waals surface area contributed by atoms with Gasteiger partial charge >= 0.3 is 0 Å². The zero-order valence-corrected chi connectivity index (χ0v) is 15.5. The Labute approximate surface area is 156 Å². The fourth-order valence-corrected chi connectivity index (χ4v) is 2.99. The van der Waals surface area contributed by atoms with Crippen LogP contribution in [0.25, 0.3) is 10.9 Å². The molecule has 27 heavy (non-hydrogen) atoms. The molecule has 3 rings (SSSR count). The maximum Gasteiger partial charge on any atom is 0.281 e. The number of nitrogens with zero attached hydrogens (tertiary/aromatic N) is 3. The third kappa shape index (κ3) is 3.97. The van der Waals surface area contributed by atoms with Crippen LogP contribution in [0.4, 0.5) is 0 Å². The van der Waals surface area contributed by atoms with E-state index in [9.17, 15) is 9.59 Å². The van der Waals surface area contributed by atoms with Gasteiger partial charge in [0.1, 0.15) is 28.9 Å². The molecule has 0 amide bonds. The topological polar surface area (TPSA) is 83.3 Å². The van der Waals surface area contributed by atoms with E-state index in [0.29, 0.717) is 23.1 Å². The monoisotopic (exact) mass is 367 g/mol. The molecule has 0 aliphatic heterocycles. The van der Waals surface area contributed by atoms with Crippen LogP contribution in [0, 0.1) is 0 Å². The first kappa shape index (κ1) is 18.6. The van der Waals surface area contributed by atoms with Crippen LogP contribution in [-0.2, 0) is 11.3 Å². The zero-order chi connectivity index (χ0) is 19.4. The molecule has 0 N–H and O–H groups in total. The Morgan fingerprint density at radius 2 is 1.85 bits per heavy atom. The van der Waals surface area contributed by atoms with E-state index >= 15 is 0 Å². The fraction of sp³-hybridized carbons (Fsp3) is 0.300. The van der Waals surface area contributed by atoms with Crippen molar-refractivity contribution in [3.63, 3.8) is 0 Å². The van der Waals surface area contributed by atoms with Gasteiger partial charge in [0.05, 0.1) is 14.2 Å². The average Bonchev–Trinajstić information content (AvgIpc) is 2.69. The molecule has 0 aliphatic carbocycles. The minimum absolute atomic E-state index is 0.0158. The SMILES string of the molecule is COc1ccc([C@H](C)CC(=O)Cn2nnc3cccc(OC)c3c2=O)cc1. The summed E-state index contributed by atoms with van der Waals surface area (Å²) in [6.45, 7) is 1.85. The van der Waals surface area contributed by atoms with E-state index in [-0.39, 0.29) is 23.8 Å². The molecule has 0 unspecified atom stereocenters. The number of hydrogen-bond acceptors (Lipinski definition) is 6. The molecule has 0 aliphatic rings. The normalized spacial score (nSPS) is 12.0. The molecule has 1 atom stereocenters. The Morgan fingerprint density at radius 1 is 1.11 bits per heavy atom. The molecule has 1 heterocycles. The lowest BCUT2D eigenvalue weighted by Gasteiger charge is -2.12. The Hall–Kier alpha value is -3.22. The molecule has 0 spiro atoms. The Morgan fingerprint density at radius 3 is 2.52 bits per heavy atom. The lowest BCUT2D eigenvalue weighted by Crippen LogP contribution is -2.28. The van der Waals surface area contributed by atoms with Gasteiger partial charge in [-0.15, -0.1) is 5.10 Å². The lowest BCUT2D eigenvalue weighted by molar-refractivity contribution is -0.120. The molecule has 0 saturated carbocycles. The molecule has 140 valence electrons.